The maximum Gasteiger partial charge on any atom is 0.253 e. The molecule has 4 rings (SSSR count). The Labute approximate surface area is 157 Å². The molecule has 0 unspecified atom stereocenters. The molecule has 1 spiro atoms. The Morgan fingerprint density at radius 1 is 1.27 bits per heavy atom. The van der Waals surface area contributed by atoms with Gasteiger partial charge in [0.15, 0.2) is 0 Å². The van der Waals surface area contributed by atoms with Crippen LogP contribution in [0.25, 0.3) is 11.3 Å². The van der Waals surface area contributed by atoms with E-state index in [1.54, 1.807) is 6.92 Å². The van der Waals surface area contributed by atoms with Gasteiger partial charge in [0.2, 0.25) is 5.95 Å². The lowest BCUT2D eigenvalue weighted by molar-refractivity contribution is -0.169. The van der Waals surface area contributed by atoms with Crippen molar-refractivity contribution in [3.05, 3.63) is 40.5 Å². The maximum atomic E-state index is 12.9. The molecule has 3 heterocycles. The number of piperidine rings is 1. The number of hydrogen-bond donors (Lipinski definition) is 1. The number of likely N-dealkylation sites (tertiary alicyclic amines) is 1. The summed E-state index contributed by atoms with van der Waals surface area (Å²) in [6.07, 6.45) is 2.93. The number of anilines is 1. The highest BCUT2D eigenvalue weighted by Crippen LogP contribution is 2.37. The number of nitrogens with two attached hydrogens (primary N) is 1. The lowest BCUT2D eigenvalue weighted by Gasteiger charge is -2.47. The Balaban J connectivity index is 1.57. The summed E-state index contributed by atoms with van der Waals surface area (Å²) in [7, 11) is 0. The van der Waals surface area contributed by atoms with Crippen molar-refractivity contribution in [3.8, 4) is 11.3 Å². The molecule has 6 nitrogen and oxygen atoms in total. The van der Waals surface area contributed by atoms with Crippen molar-refractivity contribution in [2.45, 2.75) is 31.8 Å². The van der Waals surface area contributed by atoms with Crippen molar-refractivity contribution in [2.75, 3.05) is 25.4 Å². The van der Waals surface area contributed by atoms with Gasteiger partial charge < -0.3 is 15.4 Å². The highest BCUT2D eigenvalue weighted by molar-refractivity contribution is 6.33. The molecular formula is C19H21ClN4O2. The summed E-state index contributed by atoms with van der Waals surface area (Å²) in [4.78, 5) is 23.1. The standard InChI is InChI=1S/C19H21ClN4O2/c1-12-15(20)16(23-18(21)22-12)13-3-2-4-14(11-13)17(25)24-8-5-19(6-9-24)7-10-26-19/h2-4,11H,5-10H2,1H3,(H2,21,22,23). The molecule has 2 aliphatic heterocycles. The number of halogens is 1. The Kier molecular flexibility index (Phi) is 4.32. The van der Waals surface area contributed by atoms with Crippen molar-refractivity contribution in [3.63, 3.8) is 0 Å². The number of aromatic nitrogens is 2. The van der Waals surface area contributed by atoms with E-state index in [4.69, 9.17) is 22.1 Å². The van der Waals surface area contributed by atoms with Crippen LogP contribution in [0.2, 0.25) is 5.02 Å². The van der Waals surface area contributed by atoms with Crippen LogP contribution in [0.15, 0.2) is 24.3 Å². The molecule has 0 saturated carbocycles. The normalized spacial score (nSPS) is 18.6. The SMILES string of the molecule is Cc1nc(N)nc(-c2cccc(C(=O)N3CCC4(CCO4)CC3)c2)c1Cl. The third-order valence-corrected chi connectivity index (χ3v) is 5.80. The van der Waals surface area contributed by atoms with Gasteiger partial charge in [-0.05, 0) is 38.3 Å². The maximum absolute atomic E-state index is 12.9. The zero-order valence-corrected chi connectivity index (χ0v) is 15.4. The van der Waals surface area contributed by atoms with Crippen molar-refractivity contribution in [1.29, 1.82) is 0 Å². The minimum absolute atomic E-state index is 0.0240. The van der Waals surface area contributed by atoms with E-state index >= 15 is 0 Å². The molecule has 2 fully saturated rings. The summed E-state index contributed by atoms with van der Waals surface area (Å²) < 4.78 is 5.73. The fraction of sp³-hybridized carbons (Fsp3) is 0.421. The highest BCUT2D eigenvalue weighted by atomic mass is 35.5. The van der Waals surface area contributed by atoms with Gasteiger partial charge in [0.25, 0.3) is 5.91 Å². The van der Waals surface area contributed by atoms with Crippen LogP contribution in [0.5, 0.6) is 0 Å². The summed E-state index contributed by atoms with van der Waals surface area (Å²) in [5.74, 6) is 0.191. The minimum Gasteiger partial charge on any atom is -0.375 e. The first-order chi connectivity index (χ1) is 12.5. The van der Waals surface area contributed by atoms with Crippen molar-refractivity contribution < 1.29 is 9.53 Å². The third-order valence-electron chi connectivity index (χ3n) is 5.34. The van der Waals surface area contributed by atoms with Crippen LogP contribution in [0.1, 0.15) is 35.3 Å². The number of hydrogen-bond acceptors (Lipinski definition) is 5. The molecular weight excluding hydrogens is 352 g/mol. The van der Waals surface area contributed by atoms with Gasteiger partial charge in [0, 0.05) is 24.2 Å². The molecule has 0 atom stereocenters. The summed E-state index contributed by atoms with van der Waals surface area (Å²) in [5.41, 5.74) is 8.33. The van der Waals surface area contributed by atoms with Gasteiger partial charge in [0.1, 0.15) is 0 Å². The number of aryl methyl sites for hydroxylation is 1. The first kappa shape index (κ1) is 17.2. The van der Waals surface area contributed by atoms with Crippen LogP contribution in [0.4, 0.5) is 5.95 Å². The highest BCUT2D eigenvalue weighted by Gasteiger charge is 2.42. The predicted octanol–water partition coefficient (Wildman–Crippen LogP) is 3.08. The number of amides is 1. The summed E-state index contributed by atoms with van der Waals surface area (Å²) >= 11 is 6.34. The zero-order valence-electron chi connectivity index (χ0n) is 14.7. The molecule has 2 N–H and O–H groups in total. The fourth-order valence-electron chi connectivity index (χ4n) is 3.66. The fourth-order valence-corrected chi connectivity index (χ4v) is 3.85. The number of ether oxygens (including phenoxy) is 1. The number of rotatable bonds is 2. The zero-order chi connectivity index (χ0) is 18.3. The average molecular weight is 373 g/mol. The van der Waals surface area contributed by atoms with Crippen LogP contribution < -0.4 is 5.73 Å². The summed E-state index contributed by atoms with van der Waals surface area (Å²) in [5, 5.41) is 0.450. The topological polar surface area (TPSA) is 81.3 Å². The molecule has 2 aromatic rings. The largest absolute Gasteiger partial charge is 0.375 e. The number of benzene rings is 1. The number of nitrogens with zero attached hydrogens (tertiary/aromatic N) is 3. The van der Waals surface area contributed by atoms with Gasteiger partial charge >= 0.3 is 0 Å². The van der Waals surface area contributed by atoms with Gasteiger partial charge in [0.05, 0.1) is 28.6 Å². The van der Waals surface area contributed by atoms with Crippen molar-refractivity contribution in [2.24, 2.45) is 0 Å². The molecule has 2 aliphatic rings. The van der Waals surface area contributed by atoms with Gasteiger partial charge in [-0.25, -0.2) is 9.97 Å². The Morgan fingerprint density at radius 2 is 2.00 bits per heavy atom. The second-order valence-electron chi connectivity index (χ2n) is 6.98. The summed E-state index contributed by atoms with van der Waals surface area (Å²) in [6.45, 7) is 4.08. The van der Waals surface area contributed by atoms with E-state index in [2.05, 4.69) is 9.97 Å². The first-order valence-corrected chi connectivity index (χ1v) is 9.19. The Morgan fingerprint density at radius 3 is 2.65 bits per heavy atom. The quantitative estimate of drug-likeness (QED) is 0.876. The Bertz CT molecular complexity index is 857. The molecule has 0 radical (unpaired) electrons. The molecule has 1 aromatic heterocycles. The van der Waals surface area contributed by atoms with E-state index in [1.807, 2.05) is 29.2 Å². The lowest BCUT2D eigenvalue weighted by atomic mass is 9.84. The average Bonchev–Trinajstić information content (AvgIpc) is 2.63. The van der Waals surface area contributed by atoms with Crippen LogP contribution in [-0.4, -0.2) is 46.1 Å². The molecule has 1 amide bonds. The molecule has 0 aliphatic carbocycles. The van der Waals surface area contributed by atoms with Gasteiger partial charge in [-0.3, -0.25) is 4.79 Å². The third kappa shape index (κ3) is 3.04. The van der Waals surface area contributed by atoms with Crippen LogP contribution in [0, 0.1) is 6.92 Å². The molecule has 1 aromatic carbocycles. The van der Waals surface area contributed by atoms with E-state index < -0.39 is 0 Å². The van der Waals surface area contributed by atoms with Gasteiger partial charge in [-0.15, -0.1) is 0 Å². The van der Waals surface area contributed by atoms with E-state index in [0.29, 0.717) is 22.0 Å². The Hall–Kier alpha value is -2.18. The smallest absolute Gasteiger partial charge is 0.253 e. The molecule has 136 valence electrons. The van der Waals surface area contributed by atoms with E-state index in [1.165, 1.54) is 0 Å². The van der Waals surface area contributed by atoms with E-state index in [9.17, 15) is 4.79 Å². The molecule has 0 bridgehead atoms. The molecule has 26 heavy (non-hydrogen) atoms. The summed E-state index contributed by atoms with van der Waals surface area (Å²) in [6, 6.07) is 7.35. The van der Waals surface area contributed by atoms with Crippen LogP contribution in [-0.2, 0) is 4.74 Å². The second kappa shape index (κ2) is 6.52. The molecule has 2 saturated heterocycles. The number of carbonyl (C=O) groups is 1. The minimum atomic E-state index is 0.0240. The van der Waals surface area contributed by atoms with Crippen molar-refractivity contribution >= 4 is 23.5 Å². The molecule has 7 heteroatoms. The van der Waals surface area contributed by atoms with Crippen LogP contribution in [0.3, 0.4) is 0 Å². The van der Waals surface area contributed by atoms with Crippen LogP contribution >= 0.6 is 11.6 Å². The monoisotopic (exact) mass is 372 g/mol. The van der Waals surface area contributed by atoms with Gasteiger partial charge in [-0.2, -0.15) is 0 Å². The number of nitrogen functional groups attached to an aromatic ring is 1. The predicted molar refractivity (Wildman–Crippen MR) is 100 cm³/mol. The van der Waals surface area contributed by atoms with E-state index in [-0.39, 0.29) is 17.5 Å². The van der Waals surface area contributed by atoms with Crippen molar-refractivity contribution in [1.82, 2.24) is 14.9 Å². The first-order valence-electron chi connectivity index (χ1n) is 8.81. The van der Waals surface area contributed by atoms with E-state index in [0.717, 1.165) is 44.5 Å². The number of carbonyl (C=O) groups excluding carboxylic acids is 1. The van der Waals surface area contributed by atoms with Gasteiger partial charge in [-0.1, -0.05) is 23.7 Å². The lowest BCUT2D eigenvalue weighted by Crippen LogP contribution is -2.53. The second-order valence-corrected chi connectivity index (χ2v) is 7.36.